The Morgan fingerprint density at radius 1 is 1.12 bits per heavy atom. The molecule has 126 valence electrons. The van der Waals surface area contributed by atoms with Gasteiger partial charge in [-0.05, 0) is 30.7 Å². The van der Waals surface area contributed by atoms with Crippen molar-refractivity contribution in [1.82, 2.24) is 24.5 Å². The van der Waals surface area contributed by atoms with Crippen LogP contribution in [-0.4, -0.2) is 43.9 Å². The zero-order valence-corrected chi connectivity index (χ0v) is 14.8. The van der Waals surface area contributed by atoms with Crippen molar-refractivity contribution in [2.24, 2.45) is 0 Å². The smallest absolute Gasteiger partial charge is 0.204 e. The third-order valence-electron chi connectivity index (χ3n) is 4.06. The van der Waals surface area contributed by atoms with E-state index in [1.54, 1.807) is 16.7 Å². The van der Waals surface area contributed by atoms with Crippen LogP contribution in [0, 0.1) is 0 Å². The standard InChI is InChI=1S/C18H23N5S/c1-24-22-14-10-13-17(15-22)23-20-18(19-21-23)16-11-8-6-4-2-3-5-7-9-12-16/h2-6,8-9,11-12,17H,7,10,13-15H2,1H3/b4-2-,5-3-,8-6-,12-9?,16-11+. The highest BCUT2D eigenvalue weighted by Crippen LogP contribution is 2.24. The predicted octanol–water partition coefficient (Wildman–Crippen LogP) is 3.60. The van der Waals surface area contributed by atoms with E-state index in [1.807, 2.05) is 30.4 Å². The Balaban J connectivity index is 1.78. The van der Waals surface area contributed by atoms with Crippen molar-refractivity contribution < 1.29 is 0 Å². The minimum atomic E-state index is 0.307. The van der Waals surface area contributed by atoms with E-state index in [1.165, 1.54) is 6.42 Å². The summed E-state index contributed by atoms with van der Waals surface area (Å²) < 4.78 is 2.37. The number of allylic oxidation sites excluding steroid dienone is 10. The molecule has 0 N–H and O–H groups in total. The Morgan fingerprint density at radius 2 is 2.00 bits per heavy atom. The van der Waals surface area contributed by atoms with Crippen LogP contribution in [0.2, 0.25) is 0 Å². The van der Waals surface area contributed by atoms with Crippen LogP contribution in [0.4, 0.5) is 0 Å². The first-order valence-corrected chi connectivity index (χ1v) is 9.50. The highest BCUT2D eigenvalue weighted by molar-refractivity contribution is 7.96. The molecular weight excluding hydrogens is 318 g/mol. The second-order valence-corrected chi connectivity index (χ2v) is 6.64. The molecule has 1 saturated heterocycles. The number of hydrogen-bond donors (Lipinski definition) is 0. The Bertz CT molecular complexity index is 683. The minimum absolute atomic E-state index is 0.307. The lowest BCUT2D eigenvalue weighted by Crippen LogP contribution is -2.32. The summed E-state index contributed by atoms with van der Waals surface area (Å²) in [5, 5.41) is 13.2. The molecule has 24 heavy (non-hydrogen) atoms. The van der Waals surface area contributed by atoms with E-state index in [0.717, 1.165) is 31.5 Å². The van der Waals surface area contributed by atoms with E-state index >= 15 is 0 Å². The number of piperidine rings is 1. The van der Waals surface area contributed by atoms with Gasteiger partial charge < -0.3 is 0 Å². The van der Waals surface area contributed by atoms with Gasteiger partial charge in [-0.15, -0.1) is 10.2 Å². The van der Waals surface area contributed by atoms with Crippen LogP contribution in [0.15, 0.2) is 54.7 Å². The van der Waals surface area contributed by atoms with Crippen LogP contribution >= 0.6 is 11.9 Å². The summed E-state index contributed by atoms with van der Waals surface area (Å²) in [4.78, 5) is 1.79. The SMILES string of the molecule is CSN1CCCC(n2nnc(/C3=C/C=C\C=C/C=C\CC=C3)n2)C1. The van der Waals surface area contributed by atoms with Gasteiger partial charge in [-0.1, -0.05) is 66.6 Å². The molecule has 2 aliphatic rings. The van der Waals surface area contributed by atoms with Crippen molar-refractivity contribution in [3.63, 3.8) is 0 Å². The quantitative estimate of drug-likeness (QED) is 0.786. The number of tetrazole rings is 1. The second-order valence-electron chi connectivity index (χ2n) is 5.76. The van der Waals surface area contributed by atoms with Gasteiger partial charge in [0.25, 0.3) is 0 Å². The molecule has 3 rings (SSSR count). The first-order valence-electron chi connectivity index (χ1n) is 8.32. The molecule has 0 aromatic carbocycles. The Kier molecular flexibility index (Phi) is 6.20. The normalized spacial score (nSPS) is 28.5. The third kappa shape index (κ3) is 4.55. The maximum atomic E-state index is 4.65. The Hall–Kier alpha value is -1.92. The number of hydrogen-bond acceptors (Lipinski definition) is 5. The molecule has 2 heterocycles. The maximum Gasteiger partial charge on any atom is 0.204 e. The molecule has 1 aliphatic heterocycles. The molecule has 1 unspecified atom stereocenters. The molecule has 6 heteroatoms. The lowest BCUT2D eigenvalue weighted by Gasteiger charge is -2.29. The zero-order chi connectivity index (χ0) is 16.6. The highest BCUT2D eigenvalue weighted by Gasteiger charge is 2.23. The second kappa shape index (κ2) is 8.80. The molecular formula is C18H23N5S. The summed E-state index contributed by atoms with van der Waals surface area (Å²) in [6.45, 7) is 2.11. The van der Waals surface area contributed by atoms with Gasteiger partial charge in [0, 0.05) is 18.7 Å². The summed E-state index contributed by atoms with van der Waals surface area (Å²) in [7, 11) is 0. The van der Waals surface area contributed by atoms with Gasteiger partial charge in [0.1, 0.15) is 0 Å². The first-order chi connectivity index (χ1) is 11.9. The fourth-order valence-corrected chi connectivity index (χ4v) is 3.39. The zero-order valence-electron chi connectivity index (χ0n) is 14.0. The maximum absolute atomic E-state index is 4.65. The fourth-order valence-electron chi connectivity index (χ4n) is 2.76. The van der Waals surface area contributed by atoms with E-state index in [4.69, 9.17) is 0 Å². The molecule has 5 nitrogen and oxygen atoms in total. The largest absolute Gasteiger partial charge is 0.249 e. The molecule has 1 aromatic rings. The first kappa shape index (κ1) is 16.9. The van der Waals surface area contributed by atoms with Crippen molar-refractivity contribution in [2.75, 3.05) is 19.3 Å². The van der Waals surface area contributed by atoms with E-state index < -0.39 is 0 Å². The number of rotatable bonds is 3. The van der Waals surface area contributed by atoms with Crippen LogP contribution in [0.5, 0.6) is 0 Å². The van der Waals surface area contributed by atoms with Crippen molar-refractivity contribution in [3.8, 4) is 0 Å². The van der Waals surface area contributed by atoms with E-state index in [2.05, 4.69) is 50.3 Å². The Labute approximate surface area is 147 Å². The van der Waals surface area contributed by atoms with E-state index in [9.17, 15) is 0 Å². The number of aromatic nitrogens is 4. The van der Waals surface area contributed by atoms with Gasteiger partial charge >= 0.3 is 0 Å². The lowest BCUT2D eigenvalue weighted by atomic mass is 10.1. The molecule has 1 aliphatic carbocycles. The molecule has 1 fully saturated rings. The molecule has 0 bridgehead atoms. The van der Waals surface area contributed by atoms with E-state index in [-0.39, 0.29) is 0 Å². The summed E-state index contributed by atoms with van der Waals surface area (Å²) in [5.41, 5.74) is 0.985. The van der Waals surface area contributed by atoms with Gasteiger partial charge in [-0.2, -0.15) is 4.80 Å². The van der Waals surface area contributed by atoms with Gasteiger partial charge in [0.05, 0.1) is 6.04 Å². The van der Waals surface area contributed by atoms with Crippen molar-refractivity contribution in [1.29, 1.82) is 0 Å². The molecule has 0 saturated carbocycles. The van der Waals surface area contributed by atoms with Crippen LogP contribution in [0.25, 0.3) is 5.57 Å². The average Bonchev–Trinajstić information content (AvgIpc) is 3.09. The minimum Gasteiger partial charge on any atom is -0.249 e. The average molecular weight is 341 g/mol. The Morgan fingerprint density at radius 3 is 2.92 bits per heavy atom. The van der Waals surface area contributed by atoms with Crippen LogP contribution < -0.4 is 0 Å². The van der Waals surface area contributed by atoms with E-state index in [0.29, 0.717) is 11.9 Å². The summed E-state index contributed by atoms with van der Waals surface area (Å²) in [6.07, 6.45) is 23.7. The summed E-state index contributed by atoms with van der Waals surface area (Å²) >= 11 is 1.79. The fraction of sp³-hybridized carbons (Fsp3) is 0.389. The lowest BCUT2D eigenvalue weighted by molar-refractivity contribution is 0.248. The van der Waals surface area contributed by atoms with Crippen molar-refractivity contribution in [2.45, 2.75) is 25.3 Å². The molecule has 1 aromatic heterocycles. The van der Waals surface area contributed by atoms with Gasteiger partial charge in [0.2, 0.25) is 5.82 Å². The monoisotopic (exact) mass is 341 g/mol. The third-order valence-corrected chi connectivity index (χ3v) is 4.90. The van der Waals surface area contributed by atoms with Crippen LogP contribution in [0.3, 0.4) is 0 Å². The molecule has 0 spiro atoms. The molecule has 0 amide bonds. The predicted molar refractivity (Wildman–Crippen MR) is 100 cm³/mol. The number of nitrogens with zero attached hydrogens (tertiary/aromatic N) is 5. The summed E-state index contributed by atoms with van der Waals surface area (Å²) in [5.74, 6) is 0.685. The topological polar surface area (TPSA) is 46.8 Å². The molecule has 1 atom stereocenters. The van der Waals surface area contributed by atoms with Gasteiger partial charge in [0.15, 0.2) is 0 Å². The van der Waals surface area contributed by atoms with Crippen LogP contribution in [0.1, 0.15) is 31.1 Å². The van der Waals surface area contributed by atoms with Crippen LogP contribution in [-0.2, 0) is 0 Å². The summed E-state index contributed by atoms with van der Waals surface area (Å²) in [6, 6.07) is 0.307. The molecule has 0 radical (unpaired) electrons. The van der Waals surface area contributed by atoms with Crippen molar-refractivity contribution in [3.05, 3.63) is 60.5 Å². The van der Waals surface area contributed by atoms with Gasteiger partial charge in [-0.3, -0.25) is 0 Å². The highest BCUT2D eigenvalue weighted by atomic mass is 32.2. The van der Waals surface area contributed by atoms with Crippen molar-refractivity contribution >= 4 is 17.5 Å². The van der Waals surface area contributed by atoms with Gasteiger partial charge in [-0.25, -0.2) is 4.31 Å².